The van der Waals surface area contributed by atoms with E-state index in [0.29, 0.717) is 22.9 Å². The summed E-state index contributed by atoms with van der Waals surface area (Å²) in [4.78, 5) is 14.1. The highest BCUT2D eigenvalue weighted by molar-refractivity contribution is 7.21. The van der Waals surface area contributed by atoms with Crippen molar-refractivity contribution < 1.29 is 4.42 Å². The lowest BCUT2D eigenvalue weighted by molar-refractivity contribution is 0.582. The van der Waals surface area contributed by atoms with Crippen LogP contribution in [0.3, 0.4) is 0 Å². The molecule has 0 aliphatic rings. The monoisotopic (exact) mass is 294 g/mol. The van der Waals surface area contributed by atoms with Crippen LogP contribution < -0.4 is 5.73 Å². The fourth-order valence-electron chi connectivity index (χ4n) is 2.06. The summed E-state index contributed by atoms with van der Waals surface area (Å²) in [7, 11) is 0. The minimum absolute atomic E-state index is 0.382. The van der Waals surface area contributed by atoms with Crippen LogP contribution in [-0.2, 0) is 0 Å². The van der Waals surface area contributed by atoms with Crippen LogP contribution in [0.15, 0.2) is 53.1 Å². The molecule has 0 atom stereocenters. The van der Waals surface area contributed by atoms with Gasteiger partial charge in [-0.05, 0) is 12.1 Å². The van der Waals surface area contributed by atoms with Gasteiger partial charge in [-0.2, -0.15) is 0 Å². The maximum Gasteiger partial charge on any atom is 0.163 e. The van der Waals surface area contributed by atoms with Gasteiger partial charge in [0.2, 0.25) is 0 Å². The first kappa shape index (κ1) is 12.0. The average Bonchev–Trinajstić information content (AvgIpc) is 3.17. The van der Waals surface area contributed by atoms with Gasteiger partial charge in [-0.1, -0.05) is 41.7 Å². The van der Waals surface area contributed by atoms with Gasteiger partial charge in [0.05, 0.1) is 6.26 Å². The third kappa shape index (κ3) is 2.05. The molecule has 21 heavy (non-hydrogen) atoms. The van der Waals surface area contributed by atoms with Crippen LogP contribution in [0, 0.1) is 0 Å². The molecule has 0 fully saturated rings. The second-order valence-electron chi connectivity index (χ2n) is 4.45. The third-order valence-corrected chi connectivity index (χ3v) is 4.01. The molecule has 0 unspecified atom stereocenters. The first-order valence-corrected chi connectivity index (χ1v) is 7.16. The molecule has 0 radical (unpaired) electrons. The topological polar surface area (TPSA) is 77.8 Å². The smallest absolute Gasteiger partial charge is 0.163 e. The van der Waals surface area contributed by atoms with Crippen LogP contribution in [-0.4, -0.2) is 15.0 Å². The summed E-state index contributed by atoms with van der Waals surface area (Å²) >= 11 is 1.44. The predicted octanol–water partition coefficient (Wildman–Crippen LogP) is 3.60. The Kier molecular flexibility index (Phi) is 2.68. The number of nitrogen functional groups attached to an aromatic ring is 1. The number of nitrogens with two attached hydrogens (primary N) is 1. The molecule has 0 saturated carbocycles. The van der Waals surface area contributed by atoms with E-state index in [1.165, 1.54) is 11.3 Å². The number of benzene rings is 1. The van der Waals surface area contributed by atoms with Gasteiger partial charge in [0.1, 0.15) is 10.3 Å². The summed E-state index contributed by atoms with van der Waals surface area (Å²) in [5, 5.41) is 0.751. The Morgan fingerprint density at radius 3 is 2.57 bits per heavy atom. The van der Waals surface area contributed by atoms with Crippen molar-refractivity contribution in [1.29, 1.82) is 0 Å². The molecule has 4 rings (SSSR count). The highest BCUT2D eigenvalue weighted by atomic mass is 32.1. The van der Waals surface area contributed by atoms with Crippen LogP contribution in [0.1, 0.15) is 0 Å². The van der Waals surface area contributed by atoms with Crippen molar-refractivity contribution in [3.05, 3.63) is 48.7 Å². The molecule has 0 saturated heterocycles. The normalized spacial score (nSPS) is 11.0. The standard InChI is InChI=1S/C15H10N4OS/c16-12-11-15(21-14(17-11)10-7-4-8-20-10)19-13(18-12)9-5-2-1-3-6-9/h1-8H,(H2,16,18,19). The summed E-state index contributed by atoms with van der Waals surface area (Å²) < 4.78 is 5.36. The second kappa shape index (κ2) is 4.68. The summed E-state index contributed by atoms with van der Waals surface area (Å²) in [5.74, 6) is 1.70. The van der Waals surface area contributed by atoms with E-state index >= 15 is 0 Å². The van der Waals surface area contributed by atoms with Gasteiger partial charge >= 0.3 is 0 Å². The van der Waals surface area contributed by atoms with Crippen molar-refractivity contribution in [2.24, 2.45) is 0 Å². The summed E-state index contributed by atoms with van der Waals surface area (Å²) in [6.45, 7) is 0. The maximum absolute atomic E-state index is 6.02. The fourth-order valence-corrected chi connectivity index (χ4v) is 2.98. The third-order valence-electron chi connectivity index (χ3n) is 3.05. The Morgan fingerprint density at radius 1 is 0.952 bits per heavy atom. The van der Waals surface area contributed by atoms with Crippen molar-refractivity contribution in [2.75, 3.05) is 5.73 Å². The zero-order valence-electron chi connectivity index (χ0n) is 10.9. The molecule has 0 bridgehead atoms. The number of thiazole rings is 1. The van der Waals surface area contributed by atoms with E-state index in [4.69, 9.17) is 10.2 Å². The van der Waals surface area contributed by atoms with E-state index in [2.05, 4.69) is 15.0 Å². The van der Waals surface area contributed by atoms with E-state index in [0.717, 1.165) is 15.4 Å². The Bertz CT molecular complexity index is 900. The maximum atomic E-state index is 6.02. The summed E-state index contributed by atoms with van der Waals surface area (Å²) in [6, 6.07) is 13.4. The first-order chi connectivity index (χ1) is 10.3. The number of furan rings is 1. The Morgan fingerprint density at radius 2 is 1.81 bits per heavy atom. The van der Waals surface area contributed by atoms with Crippen molar-refractivity contribution in [3.63, 3.8) is 0 Å². The molecule has 1 aromatic carbocycles. The average molecular weight is 294 g/mol. The lowest BCUT2D eigenvalue weighted by Crippen LogP contribution is -1.96. The van der Waals surface area contributed by atoms with Gasteiger partial charge in [0.15, 0.2) is 22.4 Å². The molecular formula is C15H10N4OS. The van der Waals surface area contributed by atoms with Crippen LogP contribution in [0.5, 0.6) is 0 Å². The number of nitrogens with zero attached hydrogens (tertiary/aromatic N) is 3. The van der Waals surface area contributed by atoms with Crippen LogP contribution in [0.25, 0.3) is 32.5 Å². The number of aromatic nitrogens is 3. The Hall–Kier alpha value is -2.73. The van der Waals surface area contributed by atoms with Crippen molar-refractivity contribution >= 4 is 27.5 Å². The van der Waals surface area contributed by atoms with Crippen LogP contribution in [0.2, 0.25) is 0 Å². The molecule has 5 nitrogen and oxygen atoms in total. The molecule has 3 aromatic heterocycles. The number of anilines is 1. The molecule has 0 aliphatic heterocycles. The number of hydrogen-bond donors (Lipinski definition) is 1. The van der Waals surface area contributed by atoms with Gasteiger partial charge in [0, 0.05) is 5.56 Å². The molecule has 6 heteroatoms. The van der Waals surface area contributed by atoms with Gasteiger partial charge in [0.25, 0.3) is 0 Å². The van der Waals surface area contributed by atoms with Crippen molar-refractivity contribution in [2.45, 2.75) is 0 Å². The van der Waals surface area contributed by atoms with E-state index < -0.39 is 0 Å². The van der Waals surface area contributed by atoms with E-state index in [1.807, 2.05) is 42.5 Å². The zero-order chi connectivity index (χ0) is 14.2. The summed E-state index contributed by atoms with van der Waals surface area (Å²) in [5.41, 5.74) is 7.57. The lowest BCUT2D eigenvalue weighted by atomic mass is 10.2. The molecule has 0 aliphatic carbocycles. The van der Waals surface area contributed by atoms with E-state index in [9.17, 15) is 0 Å². The molecule has 2 N–H and O–H groups in total. The fraction of sp³-hybridized carbons (Fsp3) is 0. The Balaban J connectivity index is 1.90. The Labute approximate surface area is 124 Å². The number of hydrogen-bond acceptors (Lipinski definition) is 6. The van der Waals surface area contributed by atoms with Gasteiger partial charge < -0.3 is 10.2 Å². The number of fused-ring (bicyclic) bond motifs is 1. The highest BCUT2D eigenvalue weighted by Crippen LogP contribution is 2.32. The molecular weight excluding hydrogens is 284 g/mol. The minimum Gasteiger partial charge on any atom is -0.462 e. The minimum atomic E-state index is 0.382. The van der Waals surface area contributed by atoms with Crippen molar-refractivity contribution in [3.8, 4) is 22.2 Å². The first-order valence-electron chi connectivity index (χ1n) is 6.34. The highest BCUT2D eigenvalue weighted by Gasteiger charge is 2.14. The van der Waals surface area contributed by atoms with E-state index in [1.54, 1.807) is 6.26 Å². The summed E-state index contributed by atoms with van der Waals surface area (Å²) in [6.07, 6.45) is 1.62. The van der Waals surface area contributed by atoms with E-state index in [-0.39, 0.29) is 0 Å². The van der Waals surface area contributed by atoms with Gasteiger partial charge in [-0.3, -0.25) is 0 Å². The SMILES string of the molecule is Nc1nc(-c2ccccc2)nc2sc(-c3ccco3)nc12. The van der Waals surface area contributed by atoms with Crippen molar-refractivity contribution in [1.82, 2.24) is 15.0 Å². The predicted molar refractivity (Wildman–Crippen MR) is 82.8 cm³/mol. The number of rotatable bonds is 2. The molecule has 102 valence electrons. The largest absolute Gasteiger partial charge is 0.462 e. The van der Waals surface area contributed by atoms with Gasteiger partial charge in [-0.25, -0.2) is 15.0 Å². The van der Waals surface area contributed by atoms with Crippen LogP contribution >= 0.6 is 11.3 Å². The van der Waals surface area contributed by atoms with Crippen LogP contribution in [0.4, 0.5) is 5.82 Å². The quantitative estimate of drug-likeness (QED) is 0.611. The molecule has 0 spiro atoms. The lowest BCUT2D eigenvalue weighted by Gasteiger charge is -2.01. The second-order valence-corrected chi connectivity index (χ2v) is 5.43. The molecule has 4 aromatic rings. The molecule has 3 heterocycles. The van der Waals surface area contributed by atoms with Gasteiger partial charge in [-0.15, -0.1) is 0 Å². The molecule has 0 amide bonds. The zero-order valence-corrected chi connectivity index (χ0v) is 11.7.